The SMILES string of the molecule is CC1(C(=O)NCC2CCC(O)CC2)CCCCN1. The molecule has 4 nitrogen and oxygen atoms in total. The molecule has 1 heterocycles. The molecule has 0 bridgehead atoms. The van der Waals surface area contributed by atoms with Crippen molar-refractivity contribution in [2.24, 2.45) is 5.92 Å². The van der Waals surface area contributed by atoms with Crippen molar-refractivity contribution in [3.63, 3.8) is 0 Å². The van der Waals surface area contributed by atoms with Gasteiger partial charge in [-0.3, -0.25) is 4.79 Å². The van der Waals surface area contributed by atoms with E-state index in [4.69, 9.17) is 0 Å². The minimum absolute atomic E-state index is 0.116. The number of nitrogens with one attached hydrogen (secondary N) is 2. The van der Waals surface area contributed by atoms with Gasteiger partial charge in [0.05, 0.1) is 11.6 Å². The maximum Gasteiger partial charge on any atom is 0.240 e. The first-order valence-electron chi connectivity index (χ1n) is 7.31. The molecule has 1 unspecified atom stereocenters. The summed E-state index contributed by atoms with van der Waals surface area (Å²) in [5, 5.41) is 15.9. The minimum atomic E-state index is -0.369. The largest absolute Gasteiger partial charge is 0.393 e. The zero-order valence-corrected chi connectivity index (χ0v) is 11.4. The number of carbonyl (C=O) groups is 1. The fourth-order valence-corrected chi connectivity index (χ4v) is 3.03. The molecule has 0 aromatic carbocycles. The Morgan fingerprint density at radius 3 is 2.67 bits per heavy atom. The highest BCUT2D eigenvalue weighted by Gasteiger charge is 2.34. The van der Waals surface area contributed by atoms with Crippen molar-refractivity contribution in [2.75, 3.05) is 13.1 Å². The molecule has 0 spiro atoms. The maximum absolute atomic E-state index is 12.2. The van der Waals surface area contributed by atoms with E-state index >= 15 is 0 Å². The van der Waals surface area contributed by atoms with Gasteiger partial charge in [-0.2, -0.15) is 0 Å². The minimum Gasteiger partial charge on any atom is -0.393 e. The van der Waals surface area contributed by atoms with E-state index in [1.165, 1.54) is 6.42 Å². The third-order valence-electron chi connectivity index (χ3n) is 4.49. The van der Waals surface area contributed by atoms with Crippen LogP contribution in [0.4, 0.5) is 0 Å². The zero-order valence-electron chi connectivity index (χ0n) is 11.4. The molecule has 1 saturated heterocycles. The van der Waals surface area contributed by atoms with Crippen LogP contribution in [0.5, 0.6) is 0 Å². The number of piperidine rings is 1. The van der Waals surface area contributed by atoms with E-state index < -0.39 is 0 Å². The molecule has 1 aliphatic carbocycles. The normalized spacial score (nSPS) is 37.2. The Balaban J connectivity index is 1.74. The molecule has 2 aliphatic rings. The summed E-state index contributed by atoms with van der Waals surface area (Å²) in [6.45, 7) is 3.72. The Morgan fingerprint density at radius 1 is 1.33 bits per heavy atom. The van der Waals surface area contributed by atoms with Crippen LogP contribution in [0, 0.1) is 5.92 Å². The summed E-state index contributed by atoms with van der Waals surface area (Å²) in [5.74, 6) is 0.692. The van der Waals surface area contributed by atoms with E-state index in [0.29, 0.717) is 5.92 Å². The number of amides is 1. The Hall–Kier alpha value is -0.610. The summed E-state index contributed by atoms with van der Waals surface area (Å²) >= 11 is 0. The average molecular weight is 254 g/mol. The molecular formula is C14H26N2O2. The summed E-state index contributed by atoms with van der Waals surface area (Å²) in [7, 11) is 0. The van der Waals surface area contributed by atoms with Gasteiger partial charge in [-0.05, 0) is 64.3 Å². The highest BCUT2D eigenvalue weighted by molar-refractivity contribution is 5.85. The predicted octanol–water partition coefficient (Wildman–Crippen LogP) is 1.19. The van der Waals surface area contributed by atoms with Crippen LogP contribution < -0.4 is 10.6 Å². The lowest BCUT2D eigenvalue weighted by Crippen LogP contribution is -2.57. The van der Waals surface area contributed by atoms with Crippen molar-refractivity contribution in [1.29, 1.82) is 0 Å². The number of aliphatic hydroxyl groups is 1. The molecule has 1 amide bonds. The van der Waals surface area contributed by atoms with Crippen molar-refractivity contribution in [3.05, 3.63) is 0 Å². The molecule has 18 heavy (non-hydrogen) atoms. The average Bonchev–Trinajstić information content (AvgIpc) is 2.38. The third kappa shape index (κ3) is 3.45. The van der Waals surface area contributed by atoms with E-state index in [1.54, 1.807) is 0 Å². The summed E-state index contributed by atoms with van der Waals surface area (Å²) in [5.41, 5.74) is -0.369. The topological polar surface area (TPSA) is 61.4 Å². The smallest absolute Gasteiger partial charge is 0.240 e. The van der Waals surface area contributed by atoms with Gasteiger partial charge in [0, 0.05) is 6.54 Å². The van der Waals surface area contributed by atoms with Gasteiger partial charge in [-0.15, -0.1) is 0 Å². The van der Waals surface area contributed by atoms with Crippen LogP contribution in [0.1, 0.15) is 51.9 Å². The Kier molecular flexibility index (Phi) is 4.62. The van der Waals surface area contributed by atoms with Gasteiger partial charge in [-0.25, -0.2) is 0 Å². The Labute approximate surface area is 110 Å². The maximum atomic E-state index is 12.2. The summed E-state index contributed by atoms with van der Waals surface area (Å²) in [6, 6.07) is 0. The van der Waals surface area contributed by atoms with Gasteiger partial charge >= 0.3 is 0 Å². The molecule has 0 radical (unpaired) electrons. The van der Waals surface area contributed by atoms with E-state index in [1.807, 2.05) is 6.92 Å². The van der Waals surface area contributed by atoms with Crippen LogP contribution in [0.3, 0.4) is 0 Å². The molecule has 1 saturated carbocycles. The van der Waals surface area contributed by atoms with Crippen LogP contribution in [0.15, 0.2) is 0 Å². The molecule has 0 aromatic rings. The summed E-state index contributed by atoms with van der Waals surface area (Å²) in [6.07, 6.45) is 6.95. The Bertz CT molecular complexity index is 280. The first-order valence-corrected chi connectivity index (χ1v) is 7.31. The van der Waals surface area contributed by atoms with Gasteiger partial charge in [-0.1, -0.05) is 0 Å². The molecule has 1 atom stereocenters. The lowest BCUT2D eigenvalue weighted by atomic mass is 9.86. The second kappa shape index (κ2) is 6.02. The number of hydrogen-bond acceptors (Lipinski definition) is 3. The Morgan fingerprint density at radius 2 is 2.06 bits per heavy atom. The number of hydrogen-bond donors (Lipinski definition) is 3. The number of carbonyl (C=O) groups excluding carboxylic acids is 1. The van der Waals surface area contributed by atoms with Gasteiger partial charge in [0.2, 0.25) is 5.91 Å². The second-order valence-corrected chi connectivity index (χ2v) is 6.10. The molecule has 2 rings (SSSR count). The van der Waals surface area contributed by atoms with Crippen molar-refractivity contribution in [2.45, 2.75) is 63.5 Å². The molecule has 4 heteroatoms. The van der Waals surface area contributed by atoms with E-state index in [2.05, 4.69) is 10.6 Å². The lowest BCUT2D eigenvalue weighted by molar-refractivity contribution is -0.128. The fraction of sp³-hybridized carbons (Fsp3) is 0.929. The molecule has 3 N–H and O–H groups in total. The van der Waals surface area contributed by atoms with Gasteiger partial charge in [0.25, 0.3) is 0 Å². The van der Waals surface area contributed by atoms with Crippen molar-refractivity contribution in [3.8, 4) is 0 Å². The number of aliphatic hydroxyl groups excluding tert-OH is 1. The molecule has 0 aromatic heterocycles. The second-order valence-electron chi connectivity index (χ2n) is 6.10. The zero-order chi connectivity index (χ0) is 13.0. The van der Waals surface area contributed by atoms with Crippen LogP contribution in [-0.2, 0) is 4.79 Å². The summed E-state index contributed by atoms with van der Waals surface area (Å²) in [4.78, 5) is 12.2. The monoisotopic (exact) mass is 254 g/mol. The van der Waals surface area contributed by atoms with Crippen LogP contribution >= 0.6 is 0 Å². The fourth-order valence-electron chi connectivity index (χ4n) is 3.03. The molecule has 2 fully saturated rings. The van der Waals surface area contributed by atoms with Crippen LogP contribution in [0.2, 0.25) is 0 Å². The van der Waals surface area contributed by atoms with E-state index in [0.717, 1.165) is 51.6 Å². The van der Waals surface area contributed by atoms with Crippen LogP contribution in [-0.4, -0.2) is 35.7 Å². The molecule has 1 aliphatic heterocycles. The molecule has 104 valence electrons. The van der Waals surface area contributed by atoms with Gasteiger partial charge in [0.15, 0.2) is 0 Å². The van der Waals surface area contributed by atoms with E-state index in [9.17, 15) is 9.90 Å². The highest BCUT2D eigenvalue weighted by Crippen LogP contribution is 2.24. The summed E-state index contributed by atoms with van der Waals surface area (Å²) < 4.78 is 0. The van der Waals surface area contributed by atoms with Crippen LogP contribution in [0.25, 0.3) is 0 Å². The lowest BCUT2D eigenvalue weighted by Gasteiger charge is -2.34. The van der Waals surface area contributed by atoms with Crippen molar-refractivity contribution >= 4 is 5.91 Å². The number of rotatable bonds is 3. The van der Waals surface area contributed by atoms with E-state index in [-0.39, 0.29) is 17.6 Å². The highest BCUT2D eigenvalue weighted by atomic mass is 16.3. The van der Waals surface area contributed by atoms with Crippen molar-refractivity contribution in [1.82, 2.24) is 10.6 Å². The predicted molar refractivity (Wildman–Crippen MR) is 71.2 cm³/mol. The van der Waals surface area contributed by atoms with Gasteiger partial charge in [0.1, 0.15) is 0 Å². The molecular weight excluding hydrogens is 228 g/mol. The standard InChI is InChI=1S/C14H26N2O2/c1-14(8-2-3-9-16-14)13(18)15-10-11-4-6-12(17)7-5-11/h11-12,16-17H,2-10H2,1H3,(H,15,18). The van der Waals surface area contributed by atoms with Gasteiger partial charge < -0.3 is 15.7 Å². The van der Waals surface area contributed by atoms with Crippen molar-refractivity contribution < 1.29 is 9.90 Å². The first-order chi connectivity index (χ1) is 8.60. The quantitative estimate of drug-likeness (QED) is 0.709. The third-order valence-corrected chi connectivity index (χ3v) is 4.49. The first kappa shape index (κ1) is 13.8.